The van der Waals surface area contributed by atoms with Gasteiger partial charge in [-0.2, -0.15) is 5.10 Å². The summed E-state index contributed by atoms with van der Waals surface area (Å²) in [7, 11) is 0. The fourth-order valence-corrected chi connectivity index (χ4v) is 4.96. The highest BCUT2D eigenvalue weighted by Gasteiger charge is 2.26. The molecule has 4 heterocycles. The maximum Gasteiger partial charge on any atom is 0.0831 e. The summed E-state index contributed by atoms with van der Waals surface area (Å²) in [6.45, 7) is 5.62. The van der Waals surface area contributed by atoms with Crippen LogP contribution in [0.2, 0.25) is 0 Å². The van der Waals surface area contributed by atoms with Crippen molar-refractivity contribution >= 4 is 5.69 Å². The van der Waals surface area contributed by atoms with Crippen molar-refractivity contribution in [3.8, 4) is 5.69 Å². The van der Waals surface area contributed by atoms with Gasteiger partial charge in [0.25, 0.3) is 0 Å². The number of hydrogen-bond acceptors (Lipinski definition) is 5. The molecule has 2 saturated carbocycles. The third-order valence-corrected chi connectivity index (χ3v) is 7.55. The molecule has 2 aliphatic carbocycles. The average Bonchev–Trinajstić information content (AvgIpc) is 3.81. The third kappa shape index (κ3) is 4.81. The first-order valence-corrected chi connectivity index (χ1v) is 12.7. The summed E-state index contributed by atoms with van der Waals surface area (Å²) < 4.78 is 1.95. The summed E-state index contributed by atoms with van der Waals surface area (Å²) in [6, 6.07) is 7.27. The summed E-state index contributed by atoms with van der Waals surface area (Å²) in [4.78, 5) is 11.8. The van der Waals surface area contributed by atoms with Crippen molar-refractivity contribution in [3.63, 3.8) is 0 Å². The van der Waals surface area contributed by atoms with E-state index in [0.29, 0.717) is 12.0 Å². The predicted octanol–water partition coefficient (Wildman–Crippen LogP) is 4.66. The second-order valence-electron chi connectivity index (χ2n) is 10.3. The number of aromatic nitrogens is 4. The van der Waals surface area contributed by atoms with E-state index >= 15 is 0 Å². The number of piperidine rings is 1. The Balaban J connectivity index is 1.11. The minimum absolute atomic E-state index is 0.196. The minimum atomic E-state index is 0.196. The molecule has 2 atom stereocenters. The molecule has 33 heavy (non-hydrogen) atoms. The number of nitrogens with one attached hydrogen (secondary N) is 1. The van der Waals surface area contributed by atoms with E-state index in [1.807, 2.05) is 23.3 Å². The van der Waals surface area contributed by atoms with Crippen molar-refractivity contribution in [3.05, 3.63) is 66.0 Å². The van der Waals surface area contributed by atoms with Crippen molar-refractivity contribution in [2.45, 2.75) is 63.3 Å². The molecule has 1 saturated heterocycles. The van der Waals surface area contributed by atoms with Crippen molar-refractivity contribution in [1.29, 1.82) is 0 Å². The first-order chi connectivity index (χ1) is 16.2. The Morgan fingerprint density at radius 1 is 1.03 bits per heavy atom. The summed E-state index contributed by atoms with van der Waals surface area (Å²) >= 11 is 0. The molecule has 0 aromatic carbocycles. The summed E-state index contributed by atoms with van der Waals surface area (Å²) in [5.74, 6) is 1.82. The van der Waals surface area contributed by atoms with Gasteiger partial charge < -0.3 is 10.2 Å². The molecule has 6 nitrogen and oxygen atoms in total. The van der Waals surface area contributed by atoms with Gasteiger partial charge in [0.15, 0.2) is 0 Å². The van der Waals surface area contributed by atoms with E-state index in [4.69, 9.17) is 4.98 Å². The quantitative estimate of drug-likeness (QED) is 0.550. The molecule has 0 radical (unpaired) electrons. The van der Waals surface area contributed by atoms with Gasteiger partial charge in [0.1, 0.15) is 0 Å². The van der Waals surface area contributed by atoms with Crippen LogP contribution in [0.3, 0.4) is 0 Å². The molecule has 0 spiro atoms. The third-order valence-electron chi connectivity index (χ3n) is 7.55. The van der Waals surface area contributed by atoms with E-state index in [1.165, 1.54) is 61.9 Å². The van der Waals surface area contributed by atoms with Crippen LogP contribution in [0.1, 0.15) is 74.1 Å². The maximum absolute atomic E-state index is 4.86. The molecule has 3 fully saturated rings. The number of pyridine rings is 2. The number of anilines is 1. The van der Waals surface area contributed by atoms with Crippen LogP contribution < -0.4 is 10.2 Å². The van der Waals surface area contributed by atoms with E-state index in [0.717, 1.165) is 30.4 Å². The zero-order valence-electron chi connectivity index (χ0n) is 19.5. The zero-order valence-corrected chi connectivity index (χ0v) is 19.5. The molecule has 1 unspecified atom stereocenters. The van der Waals surface area contributed by atoms with E-state index in [1.54, 1.807) is 0 Å². The number of rotatable bonds is 8. The highest BCUT2D eigenvalue weighted by molar-refractivity contribution is 5.46. The molecule has 172 valence electrons. The Kier molecular flexibility index (Phi) is 5.62. The van der Waals surface area contributed by atoms with Crippen LogP contribution in [0.15, 0.2) is 49.2 Å². The van der Waals surface area contributed by atoms with Crippen LogP contribution in [0.4, 0.5) is 5.69 Å². The fourth-order valence-electron chi connectivity index (χ4n) is 4.96. The Morgan fingerprint density at radius 2 is 1.94 bits per heavy atom. The van der Waals surface area contributed by atoms with Gasteiger partial charge in [0.05, 0.1) is 30.0 Å². The summed E-state index contributed by atoms with van der Waals surface area (Å²) in [5.41, 5.74) is 5.87. The lowest BCUT2D eigenvalue weighted by atomic mass is 10.00. The largest absolute Gasteiger partial charge is 0.369 e. The molecule has 3 aromatic rings. The van der Waals surface area contributed by atoms with Gasteiger partial charge in [-0.05, 0) is 86.2 Å². The molecular weight excluding hydrogens is 408 g/mol. The molecule has 6 rings (SSSR count). The molecular formula is C27H34N6. The normalized spacial score (nSPS) is 21.8. The highest BCUT2D eigenvalue weighted by atomic mass is 15.3. The molecule has 6 heteroatoms. The Labute approximate surface area is 196 Å². The SMILES string of the molecule is CC(c1cnn(-c2cncc(C3CC3)c2)c1)c1ccc(N2CCC[C@@H](NCC3CC3)C2)cn1. The number of hydrogen-bond donors (Lipinski definition) is 1. The smallest absolute Gasteiger partial charge is 0.0831 e. The van der Waals surface area contributed by atoms with Crippen LogP contribution in [0.5, 0.6) is 0 Å². The molecule has 3 aromatic heterocycles. The Morgan fingerprint density at radius 3 is 2.73 bits per heavy atom. The highest BCUT2D eigenvalue weighted by Crippen LogP contribution is 2.40. The van der Waals surface area contributed by atoms with Crippen LogP contribution >= 0.6 is 0 Å². The summed E-state index contributed by atoms with van der Waals surface area (Å²) in [6.07, 6.45) is 17.9. The van der Waals surface area contributed by atoms with Crippen molar-refractivity contribution < 1.29 is 0 Å². The Bertz CT molecular complexity index is 1080. The monoisotopic (exact) mass is 442 g/mol. The van der Waals surface area contributed by atoms with Crippen molar-refractivity contribution in [2.75, 3.05) is 24.5 Å². The van der Waals surface area contributed by atoms with E-state index < -0.39 is 0 Å². The molecule has 1 aliphatic heterocycles. The first kappa shape index (κ1) is 20.8. The van der Waals surface area contributed by atoms with E-state index in [2.05, 4.69) is 57.8 Å². The van der Waals surface area contributed by atoms with Crippen LogP contribution in [-0.2, 0) is 0 Å². The fraction of sp³-hybridized carbons (Fsp3) is 0.519. The number of nitrogens with zero attached hydrogens (tertiary/aromatic N) is 5. The second kappa shape index (κ2) is 8.90. The van der Waals surface area contributed by atoms with Gasteiger partial charge in [-0.1, -0.05) is 6.92 Å². The van der Waals surface area contributed by atoms with Gasteiger partial charge in [-0.25, -0.2) is 4.68 Å². The second-order valence-corrected chi connectivity index (χ2v) is 10.3. The van der Waals surface area contributed by atoms with Gasteiger partial charge >= 0.3 is 0 Å². The van der Waals surface area contributed by atoms with E-state index in [-0.39, 0.29) is 5.92 Å². The topological polar surface area (TPSA) is 58.9 Å². The minimum Gasteiger partial charge on any atom is -0.369 e. The van der Waals surface area contributed by atoms with Crippen molar-refractivity contribution in [2.24, 2.45) is 5.92 Å². The lowest BCUT2D eigenvalue weighted by Gasteiger charge is -2.35. The summed E-state index contributed by atoms with van der Waals surface area (Å²) in [5, 5.41) is 8.41. The lowest BCUT2D eigenvalue weighted by molar-refractivity contribution is 0.416. The van der Waals surface area contributed by atoms with Crippen LogP contribution in [0.25, 0.3) is 5.69 Å². The van der Waals surface area contributed by atoms with Gasteiger partial charge in [-0.3, -0.25) is 9.97 Å². The van der Waals surface area contributed by atoms with E-state index in [9.17, 15) is 0 Å². The molecule has 0 bridgehead atoms. The maximum atomic E-state index is 4.86. The first-order valence-electron chi connectivity index (χ1n) is 12.7. The predicted molar refractivity (Wildman–Crippen MR) is 131 cm³/mol. The zero-order chi connectivity index (χ0) is 22.2. The van der Waals surface area contributed by atoms with Crippen molar-refractivity contribution in [1.82, 2.24) is 25.1 Å². The standard InChI is InChI=1S/C27H34N6/c1-19(23-14-31-33(17-23)26-11-22(13-28-15-26)21-6-7-21)27-9-8-25(16-30-27)32-10-2-3-24(18-32)29-12-20-4-5-20/h8-9,11,13-17,19-21,24,29H,2-7,10,12,18H2,1H3/t19?,24-/m1/s1. The average molecular weight is 443 g/mol. The molecule has 3 aliphatic rings. The molecule has 0 amide bonds. The van der Waals surface area contributed by atoms with Crippen LogP contribution in [-0.4, -0.2) is 45.4 Å². The van der Waals surface area contributed by atoms with Gasteiger partial charge in [-0.15, -0.1) is 0 Å². The van der Waals surface area contributed by atoms with Crippen LogP contribution in [0, 0.1) is 5.92 Å². The Hall–Kier alpha value is -2.73. The van der Waals surface area contributed by atoms with Gasteiger partial charge in [0.2, 0.25) is 0 Å². The van der Waals surface area contributed by atoms with Gasteiger partial charge in [0, 0.05) is 43.1 Å². The lowest BCUT2D eigenvalue weighted by Crippen LogP contribution is -2.46. The molecule has 1 N–H and O–H groups in total.